The maximum atomic E-state index is 12.2. The molecular weight excluding hydrogens is 544 g/mol. The number of rotatable bonds is 10. The normalized spacial score (nSPS) is 22.7. The monoisotopic (exact) mass is 594 g/mol. The van der Waals surface area contributed by atoms with Crippen LogP contribution in [0.4, 0.5) is 0 Å². The van der Waals surface area contributed by atoms with Crippen molar-refractivity contribution >= 4 is 11.6 Å². The van der Waals surface area contributed by atoms with Crippen LogP contribution in [-0.2, 0) is 9.59 Å². The Labute approximate surface area is 265 Å². The Bertz CT molecular complexity index is 1450. The summed E-state index contributed by atoms with van der Waals surface area (Å²) >= 11 is 0. The summed E-state index contributed by atoms with van der Waals surface area (Å²) in [7, 11) is 0. The summed E-state index contributed by atoms with van der Waals surface area (Å²) in [6.07, 6.45) is 29.4. The highest BCUT2D eigenvalue weighted by atomic mass is 16.3. The van der Waals surface area contributed by atoms with Crippen molar-refractivity contribution in [1.82, 2.24) is 0 Å². The minimum Gasteiger partial charge on any atom is -0.504 e. The summed E-state index contributed by atoms with van der Waals surface area (Å²) in [4.78, 5) is 24.4. The van der Waals surface area contributed by atoms with Gasteiger partial charge in [0.2, 0.25) is 5.78 Å². The second-order valence-corrected chi connectivity index (χ2v) is 13.0. The van der Waals surface area contributed by atoms with Gasteiger partial charge in [-0.25, -0.2) is 0 Å². The van der Waals surface area contributed by atoms with E-state index < -0.39 is 11.5 Å². The largest absolute Gasteiger partial charge is 0.504 e. The number of aliphatic hydroxyl groups is 2. The average Bonchev–Trinajstić information content (AvgIpc) is 2.92. The molecule has 4 nitrogen and oxygen atoms in total. The lowest BCUT2D eigenvalue weighted by Crippen LogP contribution is -2.35. The van der Waals surface area contributed by atoms with E-state index in [1.165, 1.54) is 0 Å². The average molecular weight is 595 g/mol. The maximum Gasteiger partial charge on any atom is 0.222 e. The molecule has 0 saturated heterocycles. The zero-order valence-electron chi connectivity index (χ0n) is 28.2. The van der Waals surface area contributed by atoms with Gasteiger partial charge in [-0.15, -0.1) is 0 Å². The Morgan fingerprint density at radius 1 is 0.705 bits per heavy atom. The second-order valence-electron chi connectivity index (χ2n) is 13.0. The van der Waals surface area contributed by atoms with Crippen LogP contribution in [0.1, 0.15) is 75.7 Å². The van der Waals surface area contributed by atoms with E-state index in [1.807, 2.05) is 114 Å². The second kappa shape index (κ2) is 15.6. The molecule has 0 aromatic carbocycles. The molecule has 2 aliphatic rings. The van der Waals surface area contributed by atoms with Crippen LogP contribution < -0.4 is 0 Å². The van der Waals surface area contributed by atoms with E-state index in [2.05, 4.69) is 26.0 Å². The first kappa shape index (κ1) is 36.2. The molecule has 4 heteroatoms. The molecule has 0 aliphatic heterocycles. The first-order valence-corrected chi connectivity index (χ1v) is 15.2. The van der Waals surface area contributed by atoms with Crippen LogP contribution >= 0.6 is 0 Å². The van der Waals surface area contributed by atoms with Gasteiger partial charge in [0.05, 0.1) is 0 Å². The van der Waals surface area contributed by atoms with Gasteiger partial charge in [-0.05, 0) is 76.2 Å². The van der Waals surface area contributed by atoms with Gasteiger partial charge in [-0.2, -0.15) is 0 Å². The van der Waals surface area contributed by atoms with Crippen LogP contribution in [0, 0.1) is 10.8 Å². The fourth-order valence-corrected chi connectivity index (χ4v) is 5.32. The molecule has 1 atom stereocenters. The van der Waals surface area contributed by atoms with Crippen LogP contribution in [0.5, 0.6) is 0 Å². The Morgan fingerprint density at radius 3 is 1.64 bits per heavy atom. The number of allylic oxidation sites excluding steroid dienone is 22. The zero-order chi connectivity index (χ0) is 33.2. The van der Waals surface area contributed by atoms with Gasteiger partial charge in [0, 0.05) is 11.0 Å². The van der Waals surface area contributed by atoms with Crippen molar-refractivity contribution in [2.45, 2.75) is 81.8 Å². The third-order valence-electron chi connectivity index (χ3n) is 7.97. The highest BCUT2D eigenvalue weighted by molar-refractivity contribution is 6.08. The SMILES string of the molecule is CC1=C(/C=C/C(C)=C/C=C/C(C)=C/C=C/C=C(C)/C=C/C=C(C)/C=C/C2=C(C)C(=O)[C@@H](O)CC2(C)C)C(C)(C)C=C(O)C1=O. The summed E-state index contributed by atoms with van der Waals surface area (Å²) in [5.74, 6) is -0.669. The summed E-state index contributed by atoms with van der Waals surface area (Å²) in [5.41, 5.74) is 6.81. The van der Waals surface area contributed by atoms with Crippen molar-refractivity contribution < 1.29 is 19.8 Å². The molecule has 2 rings (SSSR count). The molecule has 2 aliphatic carbocycles. The Morgan fingerprint density at radius 2 is 1.14 bits per heavy atom. The summed E-state index contributed by atoms with van der Waals surface area (Å²) in [6, 6.07) is 0. The Balaban J connectivity index is 1.95. The molecule has 0 amide bonds. The first-order chi connectivity index (χ1) is 20.5. The van der Waals surface area contributed by atoms with E-state index >= 15 is 0 Å². The van der Waals surface area contributed by atoms with E-state index in [1.54, 1.807) is 19.9 Å². The van der Waals surface area contributed by atoms with Gasteiger partial charge in [0.25, 0.3) is 0 Å². The van der Waals surface area contributed by atoms with Crippen molar-refractivity contribution in [3.05, 3.63) is 141 Å². The molecule has 0 fully saturated rings. The van der Waals surface area contributed by atoms with Gasteiger partial charge in [0.15, 0.2) is 11.5 Å². The van der Waals surface area contributed by atoms with Crippen molar-refractivity contribution in [3.63, 3.8) is 0 Å². The number of aliphatic hydroxyl groups excluding tert-OH is 2. The molecule has 44 heavy (non-hydrogen) atoms. The van der Waals surface area contributed by atoms with Crippen LogP contribution in [0.15, 0.2) is 141 Å². The number of Topliss-reactive ketones (excluding diaryl/α,β-unsaturated/α-hetero) is 2. The van der Waals surface area contributed by atoms with Crippen LogP contribution in [0.25, 0.3) is 0 Å². The molecule has 0 saturated carbocycles. The Kier molecular flexibility index (Phi) is 12.8. The lowest BCUT2D eigenvalue weighted by molar-refractivity contribution is -0.125. The summed E-state index contributed by atoms with van der Waals surface area (Å²) in [5, 5.41) is 19.9. The van der Waals surface area contributed by atoms with Crippen LogP contribution in [0.3, 0.4) is 0 Å². The Hall–Kier alpha value is -4.02. The summed E-state index contributed by atoms with van der Waals surface area (Å²) in [6.45, 7) is 19.8. The van der Waals surface area contributed by atoms with Crippen molar-refractivity contribution in [2.24, 2.45) is 10.8 Å². The van der Waals surface area contributed by atoms with Crippen molar-refractivity contribution in [3.8, 4) is 0 Å². The molecule has 2 N–H and O–H groups in total. The molecule has 0 aromatic rings. The van der Waals surface area contributed by atoms with Crippen LogP contribution in [-0.4, -0.2) is 27.9 Å². The topological polar surface area (TPSA) is 74.6 Å². The number of carbonyl (C=O) groups excluding carboxylic acids is 2. The first-order valence-electron chi connectivity index (χ1n) is 15.2. The number of hydrogen-bond acceptors (Lipinski definition) is 4. The van der Waals surface area contributed by atoms with Gasteiger partial charge in [-0.1, -0.05) is 135 Å². The zero-order valence-corrected chi connectivity index (χ0v) is 28.2. The van der Waals surface area contributed by atoms with Crippen LogP contribution in [0.2, 0.25) is 0 Å². The standard InChI is InChI=1S/C40H50O4/c1-27(17-13-19-29(3)21-23-33-31(5)37(43)35(41)25-39(33,7)8)15-11-12-16-28(2)18-14-20-30(4)22-24-34-32(6)38(44)36(42)26-40(34,9)10/h11-25,36,41-42H,26H2,1-10H3/b12-11+,17-13+,18-14+,23-21+,24-22+,27-15+,28-16+,29-19+,30-20+/t36-/m0/s1. The fourth-order valence-electron chi connectivity index (χ4n) is 5.32. The predicted octanol–water partition coefficient (Wildman–Crippen LogP) is 9.60. The highest BCUT2D eigenvalue weighted by Crippen LogP contribution is 2.40. The van der Waals surface area contributed by atoms with Gasteiger partial charge < -0.3 is 10.2 Å². The molecule has 0 aromatic heterocycles. The lowest BCUT2D eigenvalue weighted by Gasteiger charge is -2.34. The quantitative estimate of drug-likeness (QED) is 0.247. The summed E-state index contributed by atoms with van der Waals surface area (Å²) < 4.78 is 0. The maximum absolute atomic E-state index is 12.2. The fraction of sp³-hybridized carbons (Fsp3) is 0.350. The third-order valence-corrected chi connectivity index (χ3v) is 7.97. The van der Waals surface area contributed by atoms with E-state index in [0.717, 1.165) is 33.4 Å². The predicted molar refractivity (Wildman–Crippen MR) is 185 cm³/mol. The number of hydrogen-bond donors (Lipinski definition) is 2. The molecule has 0 heterocycles. The van der Waals surface area contributed by atoms with Gasteiger partial charge >= 0.3 is 0 Å². The molecule has 0 spiro atoms. The minimum absolute atomic E-state index is 0.176. The number of carbonyl (C=O) groups is 2. The lowest BCUT2D eigenvalue weighted by atomic mass is 9.71. The van der Waals surface area contributed by atoms with Gasteiger partial charge in [0.1, 0.15) is 6.10 Å². The molecular formula is C40H50O4. The van der Waals surface area contributed by atoms with Crippen molar-refractivity contribution in [1.29, 1.82) is 0 Å². The molecule has 234 valence electrons. The minimum atomic E-state index is -0.908. The number of ketones is 2. The van der Waals surface area contributed by atoms with E-state index in [-0.39, 0.29) is 22.7 Å². The van der Waals surface area contributed by atoms with E-state index in [0.29, 0.717) is 17.6 Å². The highest BCUT2D eigenvalue weighted by Gasteiger charge is 2.36. The van der Waals surface area contributed by atoms with E-state index in [4.69, 9.17) is 0 Å². The van der Waals surface area contributed by atoms with E-state index in [9.17, 15) is 19.8 Å². The molecule has 0 bridgehead atoms. The van der Waals surface area contributed by atoms with Gasteiger partial charge in [-0.3, -0.25) is 9.59 Å². The molecule has 0 unspecified atom stereocenters. The van der Waals surface area contributed by atoms with Crippen molar-refractivity contribution in [2.75, 3.05) is 0 Å². The molecule has 0 radical (unpaired) electrons. The third kappa shape index (κ3) is 10.3. The smallest absolute Gasteiger partial charge is 0.222 e.